The summed E-state index contributed by atoms with van der Waals surface area (Å²) in [6.45, 7) is 6.49. The molecule has 0 aliphatic carbocycles. The van der Waals surface area contributed by atoms with Gasteiger partial charge >= 0.3 is 0 Å². The van der Waals surface area contributed by atoms with Crippen molar-refractivity contribution in [1.82, 2.24) is 19.7 Å². The van der Waals surface area contributed by atoms with E-state index < -0.39 is 0 Å². The van der Waals surface area contributed by atoms with Crippen LogP contribution in [0, 0.1) is 5.92 Å². The zero-order valence-corrected chi connectivity index (χ0v) is 8.68. The second-order valence-electron chi connectivity index (χ2n) is 3.84. The minimum absolute atomic E-state index is 0.351. The Balaban J connectivity index is 2.53. The van der Waals surface area contributed by atoms with Gasteiger partial charge in [0.15, 0.2) is 5.65 Å². The number of aromatic nitrogens is 4. The molecular formula is C10H14N4. The highest BCUT2D eigenvalue weighted by molar-refractivity contribution is 5.68. The van der Waals surface area contributed by atoms with Gasteiger partial charge in [0.25, 0.3) is 0 Å². The van der Waals surface area contributed by atoms with Crippen molar-refractivity contribution in [1.29, 1.82) is 0 Å². The Hall–Kier alpha value is -1.45. The molecule has 0 saturated heterocycles. The molecule has 2 aromatic heterocycles. The molecule has 0 bridgehead atoms. The van der Waals surface area contributed by atoms with Gasteiger partial charge in [0.05, 0.1) is 12.2 Å². The van der Waals surface area contributed by atoms with Gasteiger partial charge in [0.1, 0.15) is 5.52 Å². The predicted octanol–water partition coefficient (Wildman–Crippen LogP) is 2.04. The summed E-state index contributed by atoms with van der Waals surface area (Å²) < 4.78 is 1.94. The third kappa shape index (κ3) is 1.36. The van der Waals surface area contributed by atoms with Crippen LogP contribution in [0.15, 0.2) is 18.6 Å². The van der Waals surface area contributed by atoms with Crippen molar-refractivity contribution in [2.24, 2.45) is 5.92 Å². The maximum absolute atomic E-state index is 4.31. The lowest BCUT2D eigenvalue weighted by molar-refractivity contribution is 0.383. The summed E-state index contributed by atoms with van der Waals surface area (Å²) in [5.74, 6) is 0.542. The summed E-state index contributed by atoms with van der Waals surface area (Å²) in [6, 6.07) is 0.351. The lowest BCUT2D eigenvalue weighted by Crippen LogP contribution is -2.13. The SMILES string of the molecule is CC(C)C(C)n1ncc2nccnc21. The van der Waals surface area contributed by atoms with Crippen LogP contribution in [0.1, 0.15) is 26.8 Å². The number of hydrogen-bond acceptors (Lipinski definition) is 3. The molecule has 14 heavy (non-hydrogen) atoms. The Morgan fingerprint density at radius 1 is 1.14 bits per heavy atom. The summed E-state index contributed by atoms with van der Waals surface area (Å²) in [4.78, 5) is 8.48. The number of rotatable bonds is 2. The van der Waals surface area contributed by atoms with E-state index in [2.05, 4.69) is 35.8 Å². The van der Waals surface area contributed by atoms with Crippen LogP contribution < -0.4 is 0 Å². The van der Waals surface area contributed by atoms with Crippen LogP contribution in [0.4, 0.5) is 0 Å². The first kappa shape index (κ1) is 9.12. The van der Waals surface area contributed by atoms with Crippen molar-refractivity contribution >= 4 is 11.2 Å². The van der Waals surface area contributed by atoms with Crippen LogP contribution in [0.25, 0.3) is 11.2 Å². The number of hydrogen-bond donors (Lipinski definition) is 0. The first-order valence-electron chi connectivity index (χ1n) is 4.84. The molecule has 0 radical (unpaired) electrons. The first-order chi connectivity index (χ1) is 6.70. The van der Waals surface area contributed by atoms with Crippen molar-refractivity contribution < 1.29 is 0 Å². The van der Waals surface area contributed by atoms with E-state index in [1.54, 1.807) is 18.6 Å². The summed E-state index contributed by atoms with van der Waals surface area (Å²) in [7, 11) is 0. The normalized spacial score (nSPS) is 13.7. The van der Waals surface area contributed by atoms with Gasteiger partial charge in [-0.15, -0.1) is 0 Å². The fraction of sp³-hybridized carbons (Fsp3) is 0.500. The third-order valence-electron chi connectivity index (χ3n) is 2.58. The van der Waals surface area contributed by atoms with Crippen LogP contribution in [-0.4, -0.2) is 19.7 Å². The second kappa shape index (κ2) is 3.36. The lowest BCUT2D eigenvalue weighted by Gasteiger charge is -2.16. The molecule has 0 N–H and O–H groups in total. The minimum atomic E-state index is 0.351. The lowest BCUT2D eigenvalue weighted by atomic mass is 10.1. The zero-order chi connectivity index (χ0) is 10.1. The molecule has 0 aromatic carbocycles. The Kier molecular flexibility index (Phi) is 2.19. The molecule has 2 rings (SSSR count). The highest BCUT2D eigenvalue weighted by Gasteiger charge is 2.13. The van der Waals surface area contributed by atoms with Crippen LogP contribution in [0.2, 0.25) is 0 Å². The summed E-state index contributed by atoms with van der Waals surface area (Å²) in [6.07, 6.45) is 5.16. The average Bonchev–Trinajstić information content (AvgIpc) is 2.60. The van der Waals surface area contributed by atoms with Crippen molar-refractivity contribution in [2.45, 2.75) is 26.8 Å². The van der Waals surface area contributed by atoms with E-state index in [-0.39, 0.29) is 0 Å². The van der Waals surface area contributed by atoms with Gasteiger partial charge in [-0.25, -0.2) is 14.6 Å². The van der Waals surface area contributed by atoms with E-state index >= 15 is 0 Å². The molecule has 0 amide bonds. The van der Waals surface area contributed by atoms with Crippen molar-refractivity contribution in [3.8, 4) is 0 Å². The summed E-state index contributed by atoms with van der Waals surface area (Å²) >= 11 is 0. The Labute approximate surface area is 83.0 Å². The highest BCUT2D eigenvalue weighted by Crippen LogP contribution is 2.19. The molecule has 0 saturated carbocycles. The third-order valence-corrected chi connectivity index (χ3v) is 2.58. The summed E-state index contributed by atoms with van der Waals surface area (Å²) in [5.41, 5.74) is 1.73. The Bertz CT molecular complexity index is 432. The molecule has 4 nitrogen and oxygen atoms in total. The van der Waals surface area contributed by atoms with Gasteiger partial charge in [0, 0.05) is 12.4 Å². The van der Waals surface area contributed by atoms with Crippen molar-refractivity contribution in [3.63, 3.8) is 0 Å². The van der Waals surface area contributed by atoms with Gasteiger partial charge in [-0.1, -0.05) is 13.8 Å². The number of nitrogens with zero attached hydrogens (tertiary/aromatic N) is 4. The monoisotopic (exact) mass is 190 g/mol. The van der Waals surface area contributed by atoms with E-state index in [0.29, 0.717) is 12.0 Å². The fourth-order valence-electron chi connectivity index (χ4n) is 1.36. The molecule has 0 aliphatic heterocycles. The van der Waals surface area contributed by atoms with Crippen LogP contribution >= 0.6 is 0 Å². The van der Waals surface area contributed by atoms with Gasteiger partial charge in [-0.2, -0.15) is 5.10 Å². The molecule has 0 spiro atoms. The quantitative estimate of drug-likeness (QED) is 0.727. The number of fused-ring (bicyclic) bond motifs is 1. The van der Waals surface area contributed by atoms with Crippen molar-refractivity contribution in [3.05, 3.63) is 18.6 Å². The molecule has 0 fully saturated rings. The molecule has 74 valence electrons. The van der Waals surface area contributed by atoms with E-state index in [1.165, 1.54) is 0 Å². The zero-order valence-electron chi connectivity index (χ0n) is 8.68. The van der Waals surface area contributed by atoms with Gasteiger partial charge < -0.3 is 0 Å². The molecule has 1 atom stereocenters. The van der Waals surface area contributed by atoms with E-state index in [4.69, 9.17) is 0 Å². The van der Waals surface area contributed by atoms with Crippen molar-refractivity contribution in [2.75, 3.05) is 0 Å². The predicted molar refractivity (Wildman–Crippen MR) is 54.9 cm³/mol. The smallest absolute Gasteiger partial charge is 0.177 e. The standard InChI is InChI=1S/C10H14N4/c1-7(2)8(3)14-10-9(6-13-14)11-4-5-12-10/h4-8H,1-3H3. The molecule has 1 unspecified atom stereocenters. The molecule has 2 heterocycles. The van der Waals surface area contributed by atoms with Gasteiger partial charge in [-0.3, -0.25) is 0 Å². The van der Waals surface area contributed by atoms with Gasteiger partial charge in [0.2, 0.25) is 0 Å². The molecule has 4 heteroatoms. The van der Waals surface area contributed by atoms with Gasteiger partial charge in [-0.05, 0) is 12.8 Å². The van der Waals surface area contributed by atoms with Crippen LogP contribution in [0.3, 0.4) is 0 Å². The average molecular weight is 190 g/mol. The van der Waals surface area contributed by atoms with Crippen LogP contribution in [-0.2, 0) is 0 Å². The maximum atomic E-state index is 4.31. The second-order valence-corrected chi connectivity index (χ2v) is 3.84. The van der Waals surface area contributed by atoms with E-state index in [1.807, 2.05) is 4.68 Å². The minimum Gasteiger partial charge on any atom is -0.250 e. The molecule has 2 aromatic rings. The van der Waals surface area contributed by atoms with E-state index in [9.17, 15) is 0 Å². The first-order valence-corrected chi connectivity index (χ1v) is 4.84. The Morgan fingerprint density at radius 3 is 2.57 bits per heavy atom. The Morgan fingerprint density at radius 2 is 1.86 bits per heavy atom. The summed E-state index contributed by atoms with van der Waals surface area (Å²) in [5, 5.41) is 4.31. The largest absolute Gasteiger partial charge is 0.250 e. The maximum Gasteiger partial charge on any atom is 0.177 e. The molecule has 0 aliphatic rings. The fourth-order valence-corrected chi connectivity index (χ4v) is 1.36. The topological polar surface area (TPSA) is 43.6 Å². The molecular weight excluding hydrogens is 176 g/mol. The van der Waals surface area contributed by atoms with Crippen LogP contribution in [0.5, 0.6) is 0 Å². The highest BCUT2D eigenvalue weighted by atomic mass is 15.3. The van der Waals surface area contributed by atoms with E-state index in [0.717, 1.165) is 11.2 Å².